The van der Waals surface area contributed by atoms with Gasteiger partial charge < -0.3 is 5.11 Å². The quantitative estimate of drug-likeness (QED) is 0.890. The minimum Gasteiger partial charge on any atom is -0.480 e. The molecule has 0 aliphatic heterocycles. The molecule has 5 heteroatoms. The molecule has 0 spiro atoms. The average molecular weight is 286 g/mol. The molecule has 0 amide bonds. The van der Waals surface area contributed by atoms with Crippen molar-refractivity contribution >= 4 is 17.6 Å². The van der Waals surface area contributed by atoms with Gasteiger partial charge in [-0.15, -0.1) is 0 Å². The van der Waals surface area contributed by atoms with Gasteiger partial charge in [0.1, 0.15) is 11.9 Å². The zero-order chi connectivity index (χ0) is 13.8. The Balaban J connectivity index is 2.22. The van der Waals surface area contributed by atoms with E-state index in [9.17, 15) is 14.3 Å². The van der Waals surface area contributed by atoms with Gasteiger partial charge in [-0.05, 0) is 25.0 Å². The van der Waals surface area contributed by atoms with Gasteiger partial charge in [-0.3, -0.25) is 10.1 Å². The first kappa shape index (κ1) is 14.3. The van der Waals surface area contributed by atoms with Crippen molar-refractivity contribution in [1.82, 2.24) is 5.32 Å². The van der Waals surface area contributed by atoms with E-state index in [0.717, 1.165) is 25.7 Å². The summed E-state index contributed by atoms with van der Waals surface area (Å²) < 4.78 is 13.8. The lowest BCUT2D eigenvalue weighted by molar-refractivity contribution is -0.140. The van der Waals surface area contributed by atoms with Crippen LogP contribution < -0.4 is 5.32 Å². The number of aliphatic carboxylic acids is 1. The molecule has 1 aliphatic rings. The molecular formula is C14H17ClFNO2. The maximum Gasteiger partial charge on any atom is 0.325 e. The zero-order valence-corrected chi connectivity index (χ0v) is 11.3. The van der Waals surface area contributed by atoms with E-state index < -0.39 is 17.8 Å². The van der Waals surface area contributed by atoms with E-state index in [4.69, 9.17) is 11.6 Å². The predicted octanol–water partition coefficient (Wildman–Crippen LogP) is 3.53. The number of nitrogens with one attached hydrogen (secondary N) is 1. The van der Waals surface area contributed by atoms with Gasteiger partial charge in [-0.2, -0.15) is 0 Å². The summed E-state index contributed by atoms with van der Waals surface area (Å²) in [5.41, 5.74) is 0.0299. The number of rotatable bonds is 4. The molecule has 2 rings (SSSR count). The second-order valence-corrected chi connectivity index (χ2v) is 5.32. The van der Waals surface area contributed by atoms with Gasteiger partial charge in [0.25, 0.3) is 0 Å². The summed E-state index contributed by atoms with van der Waals surface area (Å²) in [5.74, 6) is -1.68. The van der Waals surface area contributed by atoms with Crippen molar-refractivity contribution in [3.8, 4) is 0 Å². The number of carboxylic acid groups (broad SMARTS) is 1. The second-order valence-electron chi connectivity index (χ2n) is 4.91. The average Bonchev–Trinajstić information content (AvgIpc) is 2.38. The molecule has 0 saturated heterocycles. The van der Waals surface area contributed by atoms with E-state index in [0.29, 0.717) is 0 Å². The Hall–Kier alpha value is -1.13. The third-order valence-corrected chi connectivity index (χ3v) is 3.87. The van der Waals surface area contributed by atoms with Crippen molar-refractivity contribution in [2.45, 2.75) is 44.2 Å². The minimum atomic E-state index is -1.10. The van der Waals surface area contributed by atoms with E-state index >= 15 is 0 Å². The SMILES string of the molecule is O=C(O)C(NC1CCCCC1)c1c(F)cccc1Cl. The first-order valence-corrected chi connectivity index (χ1v) is 6.90. The number of hydrogen-bond donors (Lipinski definition) is 2. The van der Waals surface area contributed by atoms with Crippen molar-refractivity contribution < 1.29 is 14.3 Å². The lowest BCUT2D eigenvalue weighted by Gasteiger charge is -2.27. The summed E-state index contributed by atoms with van der Waals surface area (Å²) in [6.45, 7) is 0. The highest BCUT2D eigenvalue weighted by Crippen LogP contribution is 2.28. The lowest BCUT2D eigenvalue weighted by Crippen LogP contribution is -2.38. The molecule has 1 aromatic carbocycles. The molecule has 19 heavy (non-hydrogen) atoms. The normalized spacial score (nSPS) is 18.2. The van der Waals surface area contributed by atoms with Crippen molar-refractivity contribution in [2.75, 3.05) is 0 Å². The standard InChI is InChI=1S/C14H17ClFNO2/c15-10-7-4-8-11(16)12(10)13(14(18)19)17-9-5-2-1-3-6-9/h4,7-9,13,17H,1-3,5-6H2,(H,18,19). The minimum absolute atomic E-state index is 0.0299. The van der Waals surface area contributed by atoms with Crippen molar-refractivity contribution in [1.29, 1.82) is 0 Å². The fraction of sp³-hybridized carbons (Fsp3) is 0.500. The Labute approximate surface area is 116 Å². The van der Waals surface area contributed by atoms with Crippen LogP contribution in [-0.4, -0.2) is 17.1 Å². The summed E-state index contributed by atoms with van der Waals surface area (Å²) in [4.78, 5) is 11.4. The third-order valence-electron chi connectivity index (χ3n) is 3.54. The Morgan fingerprint density at radius 1 is 1.37 bits per heavy atom. The lowest BCUT2D eigenvalue weighted by atomic mass is 9.94. The molecule has 1 aliphatic carbocycles. The van der Waals surface area contributed by atoms with Crippen LogP contribution in [0.2, 0.25) is 5.02 Å². The van der Waals surface area contributed by atoms with Crippen LogP contribution in [0.3, 0.4) is 0 Å². The van der Waals surface area contributed by atoms with Gasteiger partial charge in [0.05, 0.1) is 0 Å². The topological polar surface area (TPSA) is 49.3 Å². The maximum absolute atomic E-state index is 13.8. The number of hydrogen-bond acceptors (Lipinski definition) is 2. The van der Waals surface area contributed by atoms with Crippen LogP contribution in [-0.2, 0) is 4.79 Å². The fourth-order valence-corrected chi connectivity index (χ4v) is 2.84. The van der Waals surface area contributed by atoms with E-state index in [2.05, 4.69) is 5.32 Å². The van der Waals surface area contributed by atoms with Crippen LogP contribution in [0.1, 0.15) is 43.7 Å². The highest BCUT2D eigenvalue weighted by molar-refractivity contribution is 6.31. The molecule has 1 saturated carbocycles. The van der Waals surface area contributed by atoms with Crippen LogP contribution in [0.15, 0.2) is 18.2 Å². The second kappa shape index (κ2) is 6.35. The van der Waals surface area contributed by atoms with Crippen LogP contribution in [0, 0.1) is 5.82 Å². The fourth-order valence-electron chi connectivity index (χ4n) is 2.57. The molecular weight excluding hydrogens is 269 g/mol. The Morgan fingerprint density at radius 3 is 2.63 bits per heavy atom. The highest BCUT2D eigenvalue weighted by Gasteiger charge is 2.28. The summed E-state index contributed by atoms with van der Waals surface area (Å²) in [5, 5.41) is 12.5. The smallest absolute Gasteiger partial charge is 0.325 e. The van der Waals surface area contributed by atoms with Gasteiger partial charge in [-0.1, -0.05) is 36.9 Å². The molecule has 3 nitrogen and oxygen atoms in total. The number of carbonyl (C=O) groups is 1. The van der Waals surface area contributed by atoms with Crippen molar-refractivity contribution in [2.24, 2.45) is 0 Å². The first-order chi connectivity index (χ1) is 9.09. The molecule has 0 heterocycles. The first-order valence-electron chi connectivity index (χ1n) is 6.52. The molecule has 0 bridgehead atoms. The van der Waals surface area contributed by atoms with Crippen LogP contribution in [0.25, 0.3) is 0 Å². The summed E-state index contributed by atoms with van der Waals surface area (Å²) in [7, 11) is 0. The number of benzene rings is 1. The van der Waals surface area contributed by atoms with Crippen molar-refractivity contribution in [3.05, 3.63) is 34.6 Å². The Kier molecular flexibility index (Phi) is 4.77. The molecule has 0 aromatic heterocycles. The van der Waals surface area contributed by atoms with E-state index in [1.165, 1.54) is 24.6 Å². The summed E-state index contributed by atoms with van der Waals surface area (Å²) in [6, 6.07) is 3.25. The number of halogens is 2. The molecule has 1 aromatic rings. The maximum atomic E-state index is 13.8. The summed E-state index contributed by atoms with van der Waals surface area (Å²) >= 11 is 5.94. The summed E-state index contributed by atoms with van der Waals surface area (Å²) in [6.07, 6.45) is 5.19. The van der Waals surface area contributed by atoms with Gasteiger partial charge in [0.15, 0.2) is 0 Å². The largest absolute Gasteiger partial charge is 0.480 e. The molecule has 104 valence electrons. The molecule has 1 fully saturated rings. The van der Waals surface area contributed by atoms with E-state index in [-0.39, 0.29) is 16.6 Å². The van der Waals surface area contributed by atoms with Gasteiger partial charge in [-0.25, -0.2) is 4.39 Å². The van der Waals surface area contributed by atoms with Gasteiger partial charge >= 0.3 is 5.97 Å². The van der Waals surface area contributed by atoms with Gasteiger partial charge in [0, 0.05) is 16.6 Å². The molecule has 2 N–H and O–H groups in total. The van der Waals surface area contributed by atoms with Gasteiger partial charge in [0.2, 0.25) is 0 Å². The molecule has 1 atom stereocenters. The van der Waals surface area contributed by atoms with Crippen LogP contribution in [0.5, 0.6) is 0 Å². The van der Waals surface area contributed by atoms with E-state index in [1.54, 1.807) is 0 Å². The Bertz CT molecular complexity index is 441. The molecule has 1 unspecified atom stereocenters. The zero-order valence-electron chi connectivity index (χ0n) is 10.5. The molecule has 0 radical (unpaired) electrons. The third kappa shape index (κ3) is 3.45. The van der Waals surface area contributed by atoms with E-state index in [1.807, 2.05) is 0 Å². The van der Waals surface area contributed by atoms with Crippen LogP contribution >= 0.6 is 11.6 Å². The predicted molar refractivity (Wildman–Crippen MR) is 71.8 cm³/mol. The monoisotopic (exact) mass is 285 g/mol. The van der Waals surface area contributed by atoms with Crippen LogP contribution in [0.4, 0.5) is 4.39 Å². The van der Waals surface area contributed by atoms with Crippen molar-refractivity contribution in [3.63, 3.8) is 0 Å². The Morgan fingerprint density at radius 2 is 2.05 bits per heavy atom. The highest BCUT2D eigenvalue weighted by atomic mass is 35.5. The number of carboxylic acids is 1.